The molecule has 1 amide bonds. The zero-order valence-electron chi connectivity index (χ0n) is 12.8. The Hall–Kier alpha value is -2.21. The molecule has 0 aliphatic carbocycles. The second kappa shape index (κ2) is 6.27. The van der Waals surface area contributed by atoms with Gasteiger partial charge in [-0.05, 0) is 31.5 Å². The van der Waals surface area contributed by atoms with Gasteiger partial charge in [0.2, 0.25) is 5.91 Å². The molecule has 2 aromatic heterocycles. The fourth-order valence-corrected chi connectivity index (χ4v) is 2.84. The molecule has 0 saturated carbocycles. The van der Waals surface area contributed by atoms with Gasteiger partial charge >= 0.3 is 0 Å². The largest absolute Gasteiger partial charge is 0.371 e. The molecule has 1 N–H and O–H groups in total. The van der Waals surface area contributed by atoms with Gasteiger partial charge in [-0.1, -0.05) is 6.07 Å². The Kier molecular flexibility index (Phi) is 4.20. The zero-order valence-corrected chi connectivity index (χ0v) is 12.8. The molecule has 0 spiro atoms. The third kappa shape index (κ3) is 2.87. The first-order chi connectivity index (χ1) is 10.7. The fourth-order valence-electron chi connectivity index (χ4n) is 2.84. The van der Waals surface area contributed by atoms with Gasteiger partial charge in [-0.25, -0.2) is 0 Å². The summed E-state index contributed by atoms with van der Waals surface area (Å²) in [7, 11) is 1.86. The molecule has 6 heteroatoms. The summed E-state index contributed by atoms with van der Waals surface area (Å²) in [6, 6.07) is 7.47. The lowest BCUT2D eigenvalue weighted by molar-refractivity contribution is -0.127. The van der Waals surface area contributed by atoms with Crippen LogP contribution in [-0.4, -0.2) is 27.3 Å². The number of nitrogens with one attached hydrogen (secondary N) is 1. The second-order valence-electron chi connectivity index (χ2n) is 5.55. The van der Waals surface area contributed by atoms with Crippen molar-refractivity contribution in [1.29, 1.82) is 0 Å². The van der Waals surface area contributed by atoms with Crippen LogP contribution < -0.4 is 5.32 Å². The molecule has 22 heavy (non-hydrogen) atoms. The van der Waals surface area contributed by atoms with Crippen LogP contribution in [0, 0.1) is 5.92 Å². The van der Waals surface area contributed by atoms with Crippen molar-refractivity contribution in [3.05, 3.63) is 48.0 Å². The Balaban J connectivity index is 1.70. The molecule has 2 aromatic rings. The van der Waals surface area contributed by atoms with Crippen LogP contribution in [0.15, 0.2) is 36.7 Å². The Bertz CT molecular complexity index is 641. The van der Waals surface area contributed by atoms with Crippen LogP contribution in [-0.2, 0) is 16.6 Å². The topological polar surface area (TPSA) is 69.0 Å². The molecule has 1 aliphatic rings. The van der Waals surface area contributed by atoms with Crippen LogP contribution in [0.5, 0.6) is 0 Å². The smallest absolute Gasteiger partial charge is 0.226 e. The Morgan fingerprint density at radius 3 is 2.95 bits per heavy atom. The Morgan fingerprint density at radius 2 is 2.27 bits per heavy atom. The summed E-state index contributed by atoms with van der Waals surface area (Å²) in [5, 5.41) is 7.20. The van der Waals surface area contributed by atoms with Crippen LogP contribution in [0.25, 0.3) is 0 Å². The minimum Gasteiger partial charge on any atom is -0.371 e. The normalized spacial score (nSPS) is 22.5. The van der Waals surface area contributed by atoms with Crippen LogP contribution >= 0.6 is 0 Å². The van der Waals surface area contributed by atoms with Gasteiger partial charge in [0.05, 0.1) is 23.3 Å². The maximum absolute atomic E-state index is 12.6. The van der Waals surface area contributed by atoms with E-state index in [2.05, 4.69) is 15.4 Å². The first-order valence-corrected chi connectivity index (χ1v) is 7.47. The quantitative estimate of drug-likeness (QED) is 0.934. The summed E-state index contributed by atoms with van der Waals surface area (Å²) in [4.78, 5) is 16.9. The van der Waals surface area contributed by atoms with Crippen molar-refractivity contribution in [2.75, 3.05) is 6.61 Å². The summed E-state index contributed by atoms with van der Waals surface area (Å²) >= 11 is 0. The molecule has 0 radical (unpaired) electrons. The fraction of sp³-hybridized carbons (Fsp3) is 0.438. The monoisotopic (exact) mass is 300 g/mol. The van der Waals surface area contributed by atoms with Crippen molar-refractivity contribution >= 4 is 5.91 Å². The van der Waals surface area contributed by atoms with Crippen molar-refractivity contribution in [2.45, 2.75) is 25.5 Å². The molecule has 1 saturated heterocycles. The van der Waals surface area contributed by atoms with Crippen molar-refractivity contribution in [3.63, 3.8) is 0 Å². The molecular weight excluding hydrogens is 280 g/mol. The van der Waals surface area contributed by atoms with Crippen LogP contribution in [0.4, 0.5) is 0 Å². The van der Waals surface area contributed by atoms with Gasteiger partial charge in [0, 0.05) is 26.0 Å². The first kappa shape index (κ1) is 14.7. The lowest BCUT2D eigenvalue weighted by Gasteiger charge is -2.21. The van der Waals surface area contributed by atoms with E-state index in [-0.39, 0.29) is 24.0 Å². The van der Waals surface area contributed by atoms with Gasteiger partial charge < -0.3 is 10.1 Å². The van der Waals surface area contributed by atoms with Gasteiger partial charge in [-0.3, -0.25) is 14.5 Å². The summed E-state index contributed by atoms with van der Waals surface area (Å²) in [6.07, 6.45) is 3.94. The number of hydrogen-bond acceptors (Lipinski definition) is 4. The number of carbonyl (C=O) groups excluding carboxylic acids is 1. The molecule has 0 bridgehead atoms. The van der Waals surface area contributed by atoms with Crippen LogP contribution in [0.3, 0.4) is 0 Å². The number of hydrogen-bond donors (Lipinski definition) is 1. The van der Waals surface area contributed by atoms with Gasteiger partial charge in [0.1, 0.15) is 6.10 Å². The number of ether oxygens (including phenoxy) is 1. The average molecular weight is 300 g/mol. The highest BCUT2D eigenvalue weighted by atomic mass is 16.5. The number of pyridine rings is 1. The summed E-state index contributed by atoms with van der Waals surface area (Å²) < 4.78 is 7.52. The minimum atomic E-state index is -0.233. The molecule has 3 atom stereocenters. The van der Waals surface area contributed by atoms with Crippen molar-refractivity contribution in [1.82, 2.24) is 20.1 Å². The van der Waals surface area contributed by atoms with Gasteiger partial charge in [-0.2, -0.15) is 5.10 Å². The van der Waals surface area contributed by atoms with E-state index in [0.717, 1.165) is 17.8 Å². The summed E-state index contributed by atoms with van der Waals surface area (Å²) in [5.41, 5.74) is 1.79. The molecule has 0 unspecified atom stereocenters. The molecule has 116 valence electrons. The average Bonchev–Trinajstić information content (AvgIpc) is 3.16. The minimum absolute atomic E-state index is 0.00172. The van der Waals surface area contributed by atoms with E-state index in [1.165, 1.54) is 0 Å². The maximum Gasteiger partial charge on any atom is 0.226 e. The molecule has 6 nitrogen and oxygen atoms in total. The van der Waals surface area contributed by atoms with E-state index in [1.54, 1.807) is 17.1 Å². The van der Waals surface area contributed by atoms with Crippen molar-refractivity contribution in [3.8, 4) is 0 Å². The van der Waals surface area contributed by atoms with E-state index in [0.29, 0.717) is 6.61 Å². The van der Waals surface area contributed by atoms with E-state index >= 15 is 0 Å². The second-order valence-corrected chi connectivity index (χ2v) is 5.55. The van der Waals surface area contributed by atoms with Crippen molar-refractivity contribution < 1.29 is 9.53 Å². The lowest BCUT2D eigenvalue weighted by atomic mass is 9.97. The summed E-state index contributed by atoms with van der Waals surface area (Å²) in [6.45, 7) is 2.53. The predicted octanol–water partition coefficient (Wildman–Crippen LogP) is 1.77. The summed E-state index contributed by atoms with van der Waals surface area (Å²) in [5.74, 6) is -0.191. The van der Waals surface area contributed by atoms with Gasteiger partial charge in [0.25, 0.3) is 0 Å². The van der Waals surface area contributed by atoms with E-state index in [4.69, 9.17) is 4.74 Å². The number of carbonyl (C=O) groups is 1. The third-order valence-corrected chi connectivity index (χ3v) is 4.07. The Labute approximate surface area is 129 Å². The molecule has 3 rings (SSSR count). The highest BCUT2D eigenvalue weighted by Gasteiger charge is 2.37. The number of amides is 1. The zero-order chi connectivity index (χ0) is 15.5. The highest BCUT2D eigenvalue weighted by Crippen LogP contribution is 2.34. The molecule has 1 fully saturated rings. The molecule has 0 aromatic carbocycles. The molecule has 1 aliphatic heterocycles. The van der Waals surface area contributed by atoms with Crippen LogP contribution in [0.2, 0.25) is 0 Å². The molecular formula is C16H20N4O2. The number of rotatable bonds is 4. The van der Waals surface area contributed by atoms with E-state index in [9.17, 15) is 4.79 Å². The standard InChI is InChI=1S/C16H20N4O2/c1-11(13-5-3-4-8-17-13)19-16(21)12-7-10-22-15(12)14-6-9-18-20(14)2/h3-6,8-9,11-12,15H,7,10H2,1-2H3,(H,19,21)/t11-,12+,15+/m0/s1. The maximum atomic E-state index is 12.6. The Morgan fingerprint density at radius 1 is 1.41 bits per heavy atom. The van der Waals surface area contributed by atoms with E-state index < -0.39 is 0 Å². The third-order valence-electron chi connectivity index (χ3n) is 4.07. The van der Waals surface area contributed by atoms with Crippen LogP contribution in [0.1, 0.15) is 36.9 Å². The van der Waals surface area contributed by atoms with Crippen molar-refractivity contribution in [2.24, 2.45) is 13.0 Å². The predicted molar refractivity (Wildman–Crippen MR) is 80.8 cm³/mol. The number of aromatic nitrogens is 3. The van der Waals surface area contributed by atoms with Gasteiger partial charge in [-0.15, -0.1) is 0 Å². The van der Waals surface area contributed by atoms with E-state index in [1.807, 2.05) is 38.2 Å². The number of aryl methyl sites for hydroxylation is 1. The lowest BCUT2D eigenvalue weighted by Crippen LogP contribution is -2.34. The number of nitrogens with zero attached hydrogens (tertiary/aromatic N) is 3. The molecule has 3 heterocycles. The highest BCUT2D eigenvalue weighted by molar-refractivity contribution is 5.80. The van der Waals surface area contributed by atoms with Gasteiger partial charge in [0.15, 0.2) is 0 Å². The first-order valence-electron chi connectivity index (χ1n) is 7.47. The SMILES string of the molecule is C[C@H](NC(=O)[C@@H]1CCO[C@H]1c1ccnn1C)c1ccccn1.